The number of fused-ring (bicyclic) bond motifs is 1. The Balaban J connectivity index is 1.56. The van der Waals surface area contributed by atoms with Crippen LogP contribution in [0, 0.1) is 5.82 Å². The van der Waals surface area contributed by atoms with Gasteiger partial charge in [0, 0.05) is 38.2 Å². The molecule has 2 amide bonds. The van der Waals surface area contributed by atoms with Crippen molar-refractivity contribution in [1.29, 1.82) is 0 Å². The molecule has 0 aliphatic carbocycles. The van der Waals surface area contributed by atoms with Crippen molar-refractivity contribution in [3.05, 3.63) is 59.4 Å². The van der Waals surface area contributed by atoms with Crippen molar-refractivity contribution in [3.63, 3.8) is 0 Å². The molecule has 1 fully saturated rings. The lowest BCUT2D eigenvalue weighted by atomic mass is 10.1. The molecule has 0 saturated carbocycles. The lowest BCUT2D eigenvalue weighted by Gasteiger charge is -2.26. The van der Waals surface area contributed by atoms with Crippen molar-refractivity contribution in [2.75, 3.05) is 18.0 Å². The molecule has 2 aromatic carbocycles. The molecule has 0 spiro atoms. The second kappa shape index (κ2) is 9.61. The Morgan fingerprint density at radius 3 is 2.42 bits per heavy atom. The summed E-state index contributed by atoms with van der Waals surface area (Å²) >= 11 is 0. The number of carbonyl (C=O) groups excluding carboxylic acids is 2. The zero-order valence-electron chi connectivity index (χ0n) is 18.6. The molecule has 2 aromatic rings. The predicted molar refractivity (Wildman–Crippen MR) is 123 cm³/mol. The van der Waals surface area contributed by atoms with Gasteiger partial charge in [0.15, 0.2) is 0 Å². The Morgan fingerprint density at radius 1 is 1.06 bits per heavy atom. The summed E-state index contributed by atoms with van der Waals surface area (Å²) in [6.45, 7) is 2.94. The first-order valence-electron chi connectivity index (χ1n) is 11.3. The minimum atomic E-state index is -3.62. The zero-order valence-corrected chi connectivity index (χ0v) is 19.4. The molecule has 176 valence electrons. The minimum absolute atomic E-state index is 0.194. The molecule has 9 heteroatoms. The average molecular weight is 474 g/mol. The Bertz CT molecular complexity index is 1140. The van der Waals surface area contributed by atoms with Crippen LogP contribution in [0.5, 0.6) is 0 Å². The molecule has 2 heterocycles. The van der Waals surface area contributed by atoms with E-state index in [4.69, 9.17) is 0 Å². The van der Waals surface area contributed by atoms with E-state index in [1.165, 1.54) is 27.4 Å². The lowest BCUT2D eigenvalue weighted by molar-refractivity contribution is -0.126. The second-order valence-electron chi connectivity index (χ2n) is 8.44. The topological polar surface area (TPSA) is 86.8 Å². The number of nitrogens with zero attached hydrogens (tertiary/aromatic N) is 2. The van der Waals surface area contributed by atoms with Gasteiger partial charge in [0.25, 0.3) is 0 Å². The van der Waals surface area contributed by atoms with E-state index in [9.17, 15) is 22.4 Å². The van der Waals surface area contributed by atoms with Crippen LogP contribution >= 0.6 is 0 Å². The molecule has 0 bridgehead atoms. The minimum Gasteiger partial charge on any atom is -0.350 e. The van der Waals surface area contributed by atoms with Crippen molar-refractivity contribution in [1.82, 2.24) is 9.62 Å². The Labute approximate surface area is 193 Å². The molecule has 2 aliphatic rings. The third-order valence-corrected chi connectivity index (χ3v) is 8.14. The average Bonchev–Trinajstić information content (AvgIpc) is 3.22. The number of nitrogens with one attached hydrogen (secondary N) is 1. The third kappa shape index (κ3) is 4.79. The maximum atomic E-state index is 13.1. The molecule has 1 atom stereocenters. The smallest absolute Gasteiger partial charge is 0.243 e. The molecule has 7 nitrogen and oxygen atoms in total. The van der Waals surface area contributed by atoms with E-state index in [1.807, 2.05) is 0 Å². The largest absolute Gasteiger partial charge is 0.350 e. The van der Waals surface area contributed by atoms with Gasteiger partial charge in [-0.15, -0.1) is 0 Å². The molecule has 2 aliphatic heterocycles. The summed E-state index contributed by atoms with van der Waals surface area (Å²) in [5, 5.41) is 2.82. The molecule has 1 saturated heterocycles. The van der Waals surface area contributed by atoms with Crippen molar-refractivity contribution in [2.24, 2.45) is 0 Å². The van der Waals surface area contributed by atoms with Crippen LogP contribution in [-0.2, 0) is 32.6 Å². The summed E-state index contributed by atoms with van der Waals surface area (Å²) in [5.41, 5.74) is 1.97. The maximum absolute atomic E-state index is 13.1. The second-order valence-corrected chi connectivity index (χ2v) is 10.4. The van der Waals surface area contributed by atoms with E-state index in [1.54, 1.807) is 31.2 Å². The number of rotatable bonds is 6. The van der Waals surface area contributed by atoms with Crippen LogP contribution in [0.3, 0.4) is 0 Å². The van der Waals surface area contributed by atoms with Gasteiger partial charge in [-0.05, 0) is 54.3 Å². The number of benzene rings is 2. The lowest BCUT2D eigenvalue weighted by Crippen LogP contribution is -2.47. The predicted octanol–water partition coefficient (Wildman–Crippen LogP) is 2.98. The van der Waals surface area contributed by atoms with Crippen LogP contribution in [0.15, 0.2) is 47.4 Å². The number of hydrogen-bond donors (Lipinski definition) is 1. The summed E-state index contributed by atoms with van der Waals surface area (Å²) in [5.74, 6) is -0.897. The quantitative estimate of drug-likeness (QED) is 0.699. The first-order chi connectivity index (χ1) is 15.8. The zero-order chi connectivity index (χ0) is 23.6. The Hall–Kier alpha value is -2.78. The highest BCUT2D eigenvalue weighted by Crippen LogP contribution is 2.35. The number of amides is 2. The number of carbonyl (C=O) groups is 2. The molecule has 33 heavy (non-hydrogen) atoms. The highest BCUT2D eigenvalue weighted by atomic mass is 32.2. The van der Waals surface area contributed by atoms with Crippen LogP contribution in [-0.4, -0.2) is 43.7 Å². The van der Waals surface area contributed by atoms with E-state index >= 15 is 0 Å². The number of sulfonamides is 1. The fraction of sp³-hybridized carbons (Fsp3) is 0.417. The summed E-state index contributed by atoms with van der Waals surface area (Å²) in [4.78, 5) is 27.4. The molecular weight excluding hydrogens is 445 g/mol. The first kappa shape index (κ1) is 23.4. The maximum Gasteiger partial charge on any atom is 0.243 e. The SMILES string of the molecule is CCC(=O)N1c2ccc(S(=O)(=O)N3CCCCC3)cc2C[C@H]1C(=O)NCc1ccc(F)cc1. The molecule has 4 rings (SSSR count). The van der Waals surface area contributed by atoms with Gasteiger partial charge in [-0.3, -0.25) is 14.5 Å². The Kier molecular flexibility index (Phi) is 6.81. The standard InChI is InChI=1S/C24H28FN3O4S/c1-2-23(29)28-21-11-10-20(33(31,32)27-12-4-3-5-13-27)14-18(21)15-22(28)24(30)26-16-17-6-8-19(25)9-7-17/h6-11,14,22H,2-5,12-13,15-16H2,1H3,(H,26,30)/t22-/m0/s1. The van der Waals surface area contributed by atoms with Gasteiger partial charge in [-0.2, -0.15) is 4.31 Å². The van der Waals surface area contributed by atoms with Crippen LogP contribution in [0.25, 0.3) is 0 Å². The fourth-order valence-electron chi connectivity index (χ4n) is 4.44. The fourth-order valence-corrected chi connectivity index (χ4v) is 6.01. The summed E-state index contributed by atoms with van der Waals surface area (Å²) in [6, 6.07) is 9.82. The molecular formula is C24H28FN3O4S. The van der Waals surface area contributed by atoms with Crippen LogP contribution in [0.4, 0.5) is 10.1 Å². The van der Waals surface area contributed by atoms with Gasteiger partial charge in [0.2, 0.25) is 21.8 Å². The summed E-state index contributed by atoms with van der Waals surface area (Å²) in [6.07, 6.45) is 3.17. The van der Waals surface area contributed by atoms with Crippen molar-refractivity contribution in [2.45, 2.75) is 56.5 Å². The monoisotopic (exact) mass is 473 g/mol. The van der Waals surface area contributed by atoms with Crippen LogP contribution < -0.4 is 10.2 Å². The highest BCUT2D eigenvalue weighted by molar-refractivity contribution is 7.89. The molecule has 0 aromatic heterocycles. The number of piperidine rings is 1. The van der Waals surface area contributed by atoms with E-state index in [0.29, 0.717) is 24.3 Å². The van der Waals surface area contributed by atoms with Gasteiger partial charge < -0.3 is 5.32 Å². The molecule has 1 N–H and O–H groups in total. The summed E-state index contributed by atoms with van der Waals surface area (Å²) < 4.78 is 40.8. The van der Waals surface area contributed by atoms with E-state index in [2.05, 4.69) is 5.32 Å². The van der Waals surface area contributed by atoms with Crippen LogP contribution in [0.1, 0.15) is 43.7 Å². The van der Waals surface area contributed by atoms with Crippen LogP contribution in [0.2, 0.25) is 0 Å². The number of anilines is 1. The highest BCUT2D eigenvalue weighted by Gasteiger charge is 2.38. The third-order valence-electron chi connectivity index (χ3n) is 6.24. The molecule has 0 radical (unpaired) electrons. The van der Waals surface area contributed by atoms with Gasteiger partial charge >= 0.3 is 0 Å². The van der Waals surface area contributed by atoms with Crippen molar-refractivity contribution >= 4 is 27.5 Å². The number of hydrogen-bond acceptors (Lipinski definition) is 4. The number of halogens is 1. The van der Waals surface area contributed by atoms with E-state index < -0.39 is 16.1 Å². The Morgan fingerprint density at radius 2 is 1.76 bits per heavy atom. The normalized spacial score (nSPS) is 18.7. The van der Waals surface area contributed by atoms with Gasteiger partial charge in [-0.25, -0.2) is 12.8 Å². The van der Waals surface area contributed by atoms with E-state index in [-0.39, 0.29) is 41.9 Å². The molecule has 0 unspecified atom stereocenters. The summed E-state index contributed by atoms with van der Waals surface area (Å²) in [7, 11) is -3.62. The first-order valence-corrected chi connectivity index (χ1v) is 12.7. The van der Waals surface area contributed by atoms with Gasteiger partial charge in [0.05, 0.1) is 4.90 Å². The van der Waals surface area contributed by atoms with Gasteiger partial charge in [-0.1, -0.05) is 25.5 Å². The van der Waals surface area contributed by atoms with Gasteiger partial charge in [0.1, 0.15) is 11.9 Å². The van der Waals surface area contributed by atoms with Crippen molar-refractivity contribution < 1.29 is 22.4 Å². The van der Waals surface area contributed by atoms with Crippen molar-refractivity contribution in [3.8, 4) is 0 Å². The van der Waals surface area contributed by atoms with E-state index in [0.717, 1.165) is 24.8 Å².